The quantitative estimate of drug-likeness (QED) is 0.502. The summed E-state index contributed by atoms with van der Waals surface area (Å²) in [7, 11) is 0. The van der Waals surface area contributed by atoms with E-state index >= 15 is 0 Å². The summed E-state index contributed by atoms with van der Waals surface area (Å²) in [6, 6.07) is 16.3. The number of hydrogen-bond acceptors (Lipinski definition) is 3. The first-order valence-electron chi connectivity index (χ1n) is 10.4. The third kappa shape index (κ3) is 4.64. The van der Waals surface area contributed by atoms with Gasteiger partial charge >= 0.3 is 5.97 Å². The van der Waals surface area contributed by atoms with Crippen molar-refractivity contribution in [3.63, 3.8) is 0 Å². The van der Waals surface area contributed by atoms with Crippen LogP contribution in [-0.2, 0) is 16.0 Å². The van der Waals surface area contributed by atoms with E-state index in [1.807, 2.05) is 65.0 Å². The molecule has 3 heteroatoms. The molecule has 0 spiro atoms. The molecule has 156 valence electrons. The highest BCUT2D eigenvalue weighted by atomic mass is 16.5. The molecule has 1 aliphatic rings. The van der Waals surface area contributed by atoms with Gasteiger partial charge in [-0.1, -0.05) is 67.3 Å². The predicted octanol–water partition coefficient (Wildman–Crippen LogP) is 5.88. The van der Waals surface area contributed by atoms with Gasteiger partial charge in [-0.25, -0.2) is 0 Å². The van der Waals surface area contributed by atoms with Crippen LogP contribution in [0.25, 0.3) is 12.2 Å². The number of carbonyl (C=O) groups excluding carboxylic acids is 1. The highest BCUT2D eigenvalue weighted by Gasteiger charge is 2.37. The number of ether oxygens (including phenoxy) is 1. The lowest BCUT2D eigenvalue weighted by Gasteiger charge is -2.36. The van der Waals surface area contributed by atoms with Crippen LogP contribution in [0.4, 0.5) is 0 Å². The van der Waals surface area contributed by atoms with Crippen molar-refractivity contribution in [3.05, 3.63) is 88.7 Å². The zero-order valence-corrected chi connectivity index (χ0v) is 18.6. The third-order valence-corrected chi connectivity index (χ3v) is 5.83. The average Bonchev–Trinajstić information content (AvgIpc) is 2.69. The molecular formula is C27H31NO2. The lowest BCUT2D eigenvalue weighted by Crippen LogP contribution is -2.57. The first-order valence-corrected chi connectivity index (χ1v) is 10.4. The van der Waals surface area contributed by atoms with Crippen LogP contribution in [0.3, 0.4) is 0 Å². The molecule has 1 atom stereocenters. The molecular weight excluding hydrogens is 370 g/mol. The third-order valence-electron chi connectivity index (χ3n) is 5.83. The molecule has 0 heterocycles. The Hall–Kier alpha value is -2.87. The Kier molecular flexibility index (Phi) is 6.17. The van der Waals surface area contributed by atoms with E-state index in [1.54, 1.807) is 0 Å². The SMILES string of the molecule is C=C=C(C)C(C)(C)NC(C)(C)C(=O)OC1Cc2ccccc2C=Cc2ccccc21. The van der Waals surface area contributed by atoms with Crippen LogP contribution in [0.5, 0.6) is 0 Å². The standard InChI is InChI=1S/C27H31NO2/c1-7-19(2)26(3,4)28-27(5,6)25(29)30-24-18-22-14-9-8-12-20(22)16-17-21-13-10-11-15-23(21)24/h8-17,24,28H,1,18H2,2-6H3. The zero-order valence-electron chi connectivity index (χ0n) is 18.6. The van der Waals surface area contributed by atoms with Gasteiger partial charge in [0.05, 0.1) is 0 Å². The van der Waals surface area contributed by atoms with E-state index in [1.165, 1.54) is 0 Å². The summed E-state index contributed by atoms with van der Waals surface area (Å²) in [4.78, 5) is 13.3. The maximum Gasteiger partial charge on any atom is 0.326 e. The second kappa shape index (κ2) is 8.47. The number of fused-ring (bicyclic) bond motifs is 2. The Balaban J connectivity index is 1.92. The molecule has 0 saturated carbocycles. The number of nitrogens with one attached hydrogen (secondary N) is 1. The maximum atomic E-state index is 13.3. The first kappa shape index (κ1) is 21.8. The summed E-state index contributed by atoms with van der Waals surface area (Å²) < 4.78 is 6.15. The smallest absolute Gasteiger partial charge is 0.326 e. The number of benzene rings is 2. The minimum absolute atomic E-state index is 0.283. The molecule has 1 aliphatic carbocycles. The largest absolute Gasteiger partial charge is 0.456 e. The van der Waals surface area contributed by atoms with Crippen molar-refractivity contribution in [2.75, 3.05) is 0 Å². The minimum Gasteiger partial charge on any atom is -0.456 e. The normalized spacial score (nSPS) is 15.8. The summed E-state index contributed by atoms with van der Waals surface area (Å²) in [5.74, 6) is -0.283. The number of hydrogen-bond donors (Lipinski definition) is 1. The van der Waals surface area contributed by atoms with Crippen molar-refractivity contribution in [2.45, 2.75) is 58.2 Å². The predicted molar refractivity (Wildman–Crippen MR) is 124 cm³/mol. The molecule has 0 aliphatic heterocycles. The van der Waals surface area contributed by atoms with Crippen LogP contribution in [0, 0.1) is 0 Å². The Morgan fingerprint density at radius 2 is 1.60 bits per heavy atom. The zero-order chi connectivity index (χ0) is 21.9. The molecule has 0 radical (unpaired) electrons. The fraction of sp³-hybridized carbons (Fsp3) is 0.333. The van der Waals surface area contributed by atoms with Crippen LogP contribution in [0.2, 0.25) is 0 Å². The van der Waals surface area contributed by atoms with Gasteiger partial charge in [0.15, 0.2) is 0 Å². The lowest BCUT2D eigenvalue weighted by molar-refractivity contribution is -0.157. The maximum absolute atomic E-state index is 13.3. The van der Waals surface area contributed by atoms with Gasteiger partial charge in [0, 0.05) is 12.0 Å². The summed E-state index contributed by atoms with van der Waals surface area (Å²) in [5, 5.41) is 3.42. The molecule has 3 nitrogen and oxygen atoms in total. The Bertz CT molecular complexity index is 1020. The van der Waals surface area contributed by atoms with Crippen LogP contribution < -0.4 is 5.32 Å². The van der Waals surface area contributed by atoms with Gasteiger partial charge < -0.3 is 4.74 Å². The molecule has 0 amide bonds. The van der Waals surface area contributed by atoms with Crippen LogP contribution in [0.15, 0.2) is 66.4 Å². The van der Waals surface area contributed by atoms with E-state index in [9.17, 15) is 4.79 Å². The fourth-order valence-electron chi connectivity index (χ4n) is 3.86. The van der Waals surface area contributed by atoms with Crippen molar-refractivity contribution in [1.29, 1.82) is 0 Å². The molecule has 0 fully saturated rings. The second-order valence-corrected chi connectivity index (χ2v) is 8.94. The van der Waals surface area contributed by atoms with E-state index in [0.29, 0.717) is 6.42 Å². The van der Waals surface area contributed by atoms with Crippen molar-refractivity contribution in [1.82, 2.24) is 5.32 Å². The Morgan fingerprint density at radius 1 is 1.00 bits per heavy atom. The van der Waals surface area contributed by atoms with Gasteiger partial charge in [0.1, 0.15) is 11.6 Å². The van der Waals surface area contributed by atoms with Gasteiger partial charge in [-0.15, -0.1) is 5.73 Å². The van der Waals surface area contributed by atoms with Gasteiger partial charge in [0.25, 0.3) is 0 Å². The van der Waals surface area contributed by atoms with Gasteiger partial charge in [-0.3, -0.25) is 10.1 Å². The van der Waals surface area contributed by atoms with Gasteiger partial charge in [-0.05, 0) is 62.4 Å². The lowest BCUT2D eigenvalue weighted by atomic mass is 9.90. The fourth-order valence-corrected chi connectivity index (χ4v) is 3.86. The highest BCUT2D eigenvalue weighted by molar-refractivity contribution is 5.81. The summed E-state index contributed by atoms with van der Waals surface area (Å²) in [5.41, 5.74) is 6.97. The number of carbonyl (C=O) groups is 1. The van der Waals surface area contributed by atoms with Gasteiger partial charge in [-0.2, -0.15) is 0 Å². The molecule has 3 rings (SSSR count). The van der Waals surface area contributed by atoms with E-state index in [2.05, 4.69) is 48.0 Å². The molecule has 0 bridgehead atoms. The molecule has 1 N–H and O–H groups in total. The second-order valence-electron chi connectivity index (χ2n) is 8.94. The summed E-state index contributed by atoms with van der Waals surface area (Å²) in [6.45, 7) is 13.4. The van der Waals surface area contributed by atoms with E-state index in [0.717, 1.165) is 27.8 Å². The molecule has 2 aromatic carbocycles. The van der Waals surface area contributed by atoms with Crippen LogP contribution >= 0.6 is 0 Å². The van der Waals surface area contributed by atoms with Gasteiger partial charge in [0.2, 0.25) is 0 Å². The minimum atomic E-state index is -0.881. The van der Waals surface area contributed by atoms with Crippen LogP contribution in [-0.4, -0.2) is 17.0 Å². The monoisotopic (exact) mass is 401 g/mol. The summed E-state index contributed by atoms with van der Waals surface area (Å²) >= 11 is 0. The molecule has 0 saturated heterocycles. The molecule has 30 heavy (non-hydrogen) atoms. The van der Waals surface area contributed by atoms with E-state index < -0.39 is 11.1 Å². The van der Waals surface area contributed by atoms with Crippen LogP contribution in [0.1, 0.15) is 63.0 Å². The molecule has 1 unspecified atom stereocenters. The topological polar surface area (TPSA) is 38.3 Å². The highest BCUT2D eigenvalue weighted by Crippen LogP contribution is 2.32. The van der Waals surface area contributed by atoms with Crippen molar-refractivity contribution < 1.29 is 9.53 Å². The molecule has 0 aromatic heterocycles. The van der Waals surface area contributed by atoms with Crippen molar-refractivity contribution in [2.24, 2.45) is 0 Å². The Labute approximate surface area is 180 Å². The van der Waals surface area contributed by atoms with E-state index in [4.69, 9.17) is 4.74 Å². The van der Waals surface area contributed by atoms with E-state index in [-0.39, 0.29) is 12.1 Å². The number of esters is 1. The van der Waals surface area contributed by atoms with Crippen molar-refractivity contribution >= 4 is 18.1 Å². The summed E-state index contributed by atoms with van der Waals surface area (Å²) in [6.07, 6.45) is 4.50. The average molecular weight is 402 g/mol. The molecule has 2 aromatic rings. The van der Waals surface area contributed by atoms with Crippen molar-refractivity contribution in [3.8, 4) is 0 Å². The Morgan fingerprint density at radius 3 is 2.30 bits per heavy atom. The first-order chi connectivity index (χ1) is 14.1. The number of rotatable bonds is 5.